The lowest BCUT2D eigenvalue weighted by atomic mass is 9.92. The molecule has 0 spiro atoms. The van der Waals surface area contributed by atoms with Crippen LogP contribution in [0.1, 0.15) is 31.8 Å². The zero-order valence-corrected chi connectivity index (χ0v) is 13.8. The van der Waals surface area contributed by atoms with Crippen LogP contribution in [0.3, 0.4) is 0 Å². The van der Waals surface area contributed by atoms with Gasteiger partial charge in [-0.1, -0.05) is 0 Å². The van der Waals surface area contributed by atoms with Gasteiger partial charge in [0.2, 0.25) is 5.91 Å². The van der Waals surface area contributed by atoms with E-state index in [4.69, 9.17) is 5.11 Å². The zero-order chi connectivity index (χ0) is 17.2. The third-order valence-corrected chi connectivity index (χ3v) is 4.58. The van der Waals surface area contributed by atoms with Gasteiger partial charge in [-0.3, -0.25) is 4.79 Å². The molecule has 1 aromatic heterocycles. The van der Waals surface area contributed by atoms with Crippen LogP contribution in [0.25, 0.3) is 10.2 Å². The van der Waals surface area contributed by atoms with Crippen LogP contribution in [0.2, 0.25) is 0 Å². The van der Waals surface area contributed by atoms with Gasteiger partial charge in [0.15, 0.2) is 0 Å². The van der Waals surface area contributed by atoms with E-state index in [0.29, 0.717) is 15.2 Å². The molecule has 0 fully saturated rings. The van der Waals surface area contributed by atoms with E-state index in [2.05, 4.69) is 15.6 Å². The maximum Gasteiger partial charge on any atom is 0.404 e. The summed E-state index contributed by atoms with van der Waals surface area (Å²) in [6, 6.07) is 3.99. The van der Waals surface area contributed by atoms with Gasteiger partial charge in [-0.05, 0) is 39.0 Å². The zero-order valence-electron chi connectivity index (χ0n) is 13.0. The number of amides is 2. The SMILES string of the molecule is C[C@@H](NC(=O)C(C)(C)CNC(=O)O)c1nc2ccc(F)cc2s1. The van der Waals surface area contributed by atoms with Gasteiger partial charge in [0.05, 0.1) is 21.7 Å². The fourth-order valence-corrected chi connectivity index (χ4v) is 2.93. The molecule has 0 aliphatic carbocycles. The summed E-state index contributed by atoms with van der Waals surface area (Å²) in [5.74, 6) is -0.616. The van der Waals surface area contributed by atoms with Crippen LogP contribution in [0.5, 0.6) is 0 Å². The molecule has 3 N–H and O–H groups in total. The molecular weight excluding hydrogens is 321 g/mol. The van der Waals surface area contributed by atoms with Gasteiger partial charge < -0.3 is 15.7 Å². The summed E-state index contributed by atoms with van der Waals surface area (Å²) in [6.45, 7) is 5.09. The minimum atomic E-state index is -1.17. The standard InChI is InChI=1S/C15H18FN3O3S/c1-8(18-13(20)15(2,3)7-17-14(21)22)12-19-10-5-4-9(16)6-11(10)23-12/h4-6,8,17H,7H2,1-3H3,(H,18,20)(H,21,22)/t8-/m1/s1. The Morgan fingerprint density at radius 2 is 2.13 bits per heavy atom. The first-order valence-electron chi connectivity index (χ1n) is 7.03. The molecule has 8 heteroatoms. The fraction of sp³-hybridized carbons (Fsp3) is 0.400. The minimum absolute atomic E-state index is 0.00590. The van der Waals surface area contributed by atoms with Crippen molar-refractivity contribution in [2.75, 3.05) is 6.54 Å². The molecule has 0 saturated carbocycles. The van der Waals surface area contributed by atoms with Gasteiger partial charge in [-0.15, -0.1) is 11.3 Å². The first kappa shape index (κ1) is 17.1. The molecule has 6 nitrogen and oxygen atoms in total. The fourth-order valence-electron chi connectivity index (χ4n) is 1.93. The Morgan fingerprint density at radius 1 is 1.43 bits per heavy atom. The average Bonchev–Trinajstić information content (AvgIpc) is 2.88. The number of halogens is 1. The summed E-state index contributed by atoms with van der Waals surface area (Å²) in [5.41, 5.74) is -0.214. The highest BCUT2D eigenvalue weighted by Crippen LogP contribution is 2.27. The first-order chi connectivity index (χ1) is 10.7. The number of aromatic nitrogens is 1. The van der Waals surface area contributed by atoms with Gasteiger partial charge in [-0.2, -0.15) is 0 Å². The van der Waals surface area contributed by atoms with Crippen LogP contribution in [-0.2, 0) is 4.79 Å². The van der Waals surface area contributed by atoms with Crippen molar-refractivity contribution in [2.45, 2.75) is 26.8 Å². The van der Waals surface area contributed by atoms with E-state index in [-0.39, 0.29) is 24.3 Å². The Morgan fingerprint density at radius 3 is 2.78 bits per heavy atom. The number of carboxylic acid groups (broad SMARTS) is 1. The highest BCUT2D eigenvalue weighted by molar-refractivity contribution is 7.18. The molecule has 2 amide bonds. The minimum Gasteiger partial charge on any atom is -0.465 e. The number of benzene rings is 1. The summed E-state index contributed by atoms with van der Waals surface area (Å²) in [4.78, 5) is 27.3. The molecular formula is C15H18FN3O3S. The molecule has 2 aromatic rings. The molecule has 0 aliphatic heterocycles. The molecule has 0 radical (unpaired) electrons. The molecule has 23 heavy (non-hydrogen) atoms. The van der Waals surface area contributed by atoms with E-state index in [1.165, 1.54) is 23.5 Å². The second-order valence-corrected chi connectivity index (χ2v) is 6.96. The van der Waals surface area contributed by atoms with Crippen LogP contribution in [0.15, 0.2) is 18.2 Å². The lowest BCUT2D eigenvalue weighted by Crippen LogP contribution is -2.45. The third kappa shape index (κ3) is 4.16. The predicted octanol–water partition coefficient (Wildman–Crippen LogP) is 2.91. The highest BCUT2D eigenvalue weighted by Gasteiger charge is 2.30. The lowest BCUT2D eigenvalue weighted by molar-refractivity contribution is -0.129. The van der Waals surface area contributed by atoms with Crippen molar-refractivity contribution >= 4 is 33.6 Å². The molecule has 1 heterocycles. The van der Waals surface area contributed by atoms with Crippen molar-refractivity contribution in [2.24, 2.45) is 5.41 Å². The van der Waals surface area contributed by atoms with Crippen molar-refractivity contribution < 1.29 is 19.1 Å². The van der Waals surface area contributed by atoms with E-state index in [9.17, 15) is 14.0 Å². The van der Waals surface area contributed by atoms with Crippen molar-refractivity contribution in [1.29, 1.82) is 0 Å². The number of nitrogens with zero attached hydrogens (tertiary/aromatic N) is 1. The molecule has 0 bridgehead atoms. The molecule has 1 atom stereocenters. The monoisotopic (exact) mass is 339 g/mol. The van der Waals surface area contributed by atoms with Crippen LogP contribution in [-0.4, -0.2) is 28.6 Å². The van der Waals surface area contributed by atoms with Crippen LogP contribution in [0, 0.1) is 11.2 Å². The summed E-state index contributed by atoms with van der Waals surface area (Å²) < 4.78 is 13.9. The third-order valence-electron chi connectivity index (χ3n) is 3.38. The molecule has 0 unspecified atom stereocenters. The number of hydrogen-bond acceptors (Lipinski definition) is 4. The summed E-state index contributed by atoms with van der Waals surface area (Å²) >= 11 is 1.31. The Hall–Kier alpha value is -2.22. The number of rotatable bonds is 5. The van der Waals surface area contributed by atoms with Gasteiger partial charge >= 0.3 is 6.09 Å². The van der Waals surface area contributed by atoms with Crippen LogP contribution < -0.4 is 10.6 Å². The van der Waals surface area contributed by atoms with Gasteiger partial charge in [-0.25, -0.2) is 14.2 Å². The number of hydrogen-bond donors (Lipinski definition) is 3. The van der Waals surface area contributed by atoms with Crippen molar-refractivity contribution in [3.05, 3.63) is 29.0 Å². The number of carbonyl (C=O) groups excluding carboxylic acids is 1. The predicted molar refractivity (Wildman–Crippen MR) is 85.9 cm³/mol. The van der Waals surface area contributed by atoms with Crippen LogP contribution >= 0.6 is 11.3 Å². The Bertz CT molecular complexity index is 745. The molecule has 1 aromatic carbocycles. The Balaban J connectivity index is 2.08. The van der Waals surface area contributed by atoms with E-state index in [0.717, 1.165) is 0 Å². The number of thiazole rings is 1. The number of nitrogens with one attached hydrogen (secondary N) is 2. The number of carbonyl (C=O) groups is 2. The largest absolute Gasteiger partial charge is 0.465 e. The second kappa shape index (κ2) is 6.49. The summed E-state index contributed by atoms with van der Waals surface area (Å²) in [6.07, 6.45) is -1.17. The molecule has 0 aliphatic rings. The Labute approximate surface area is 136 Å². The van der Waals surface area contributed by atoms with E-state index in [1.807, 2.05) is 0 Å². The van der Waals surface area contributed by atoms with Gasteiger partial charge in [0.1, 0.15) is 10.8 Å². The van der Waals surface area contributed by atoms with Gasteiger partial charge in [0.25, 0.3) is 0 Å². The summed E-state index contributed by atoms with van der Waals surface area (Å²) in [7, 11) is 0. The number of fused-ring (bicyclic) bond motifs is 1. The molecule has 2 rings (SSSR count). The van der Waals surface area contributed by atoms with Crippen molar-refractivity contribution in [3.8, 4) is 0 Å². The molecule has 124 valence electrons. The smallest absolute Gasteiger partial charge is 0.404 e. The van der Waals surface area contributed by atoms with E-state index < -0.39 is 11.5 Å². The summed E-state index contributed by atoms with van der Waals surface area (Å²) in [5, 5.41) is 14.3. The van der Waals surface area contributed by atoms with Gasteiger partial charge in [0, 0.05) is 6.54 Å². The second-order valence-electron chi connectivity index (χ2n) is 5.90. The lowest BCUT2D eigenvalue weighted by Gasteiger charge is -2.25. The van der Waals surface area contributed by atoms with E-state index >= 15 is 0 Å². The van der Waals surface area contributed by atoms with Crippen molar-refractivity contribution in [1.82, 2.24) is 15.6 Å². The Kier molecular flexibility index (Phi) is 4.84. The topological polar surface area (TPSA) is 91.3 Å². The van der Waals surface area contributed by atoms with Crippen molar-refractivity contribution in [3.63, 3.8) is 0 Å². The van der Waals surface area contributed by atoms with Crippen LogP contribution in [0.4, 0.5) is 9.18 Å². The normalized spacial score (nSPS) is 12.9. The average molecular weight is 339 g/mol. The maximum absolute atomic E-state index is 13.2. The molecule has 0 saturated heterocycles. The van der Waals surface area contributed by atoms with E-state index in [1.54, 1.807) is 26.8 Å². The first-order valence-corrected chi connectivity index (χ1v) is 7.84. The highest BCUT2D eigenvalue weighted by atomic mass is 32.1. The maximum atomic E-state index is 13.2. The quantitative estimate of drug-likeness (QED) is 0.781.